The zero-order chi connectivity index (χ0) is 22.6. The van der Waals surface area contributed by atoms with Gasteiger partial charge in [-0.25, -0.2) is 0 Å². The van der Waals surface area contributed by atoms with Crippen molar-refractivity contribution in [1.29, 1.82) is 0 Å². The topological polar surface area (TPSA) is 54.0 Å². The summed E-state index contributed by atoms with van der Waals surface area (Å²) in [5.74, 6) is -0.984. The molecule has 1 amide bonds. The molecule has 1 aromatic heterocycles. The summed E-state index contributed by atoms with van der Waals surface area (Å²) in [5, 5.41) is 4.96. The van der Waals surface area contributed by atoms with Gasteiger partial charge in [-0.3, -0.25) is 9.78 Å². The second kappa shape index (κ2) is 8.66. The van der Waals surface area contributed by atoms with Crippen LogP contribution < -0.4 is 10.6 Å². The molecule has 0 radical (unpaired) electrons. The highest BCUT2D eigenvalue weighted by molar-refractivity contribution is 6.08. The first kappa shape index (κ1) is 22.1. The van der Waals surface area contributed by atoms with Gasteiger partial charge in [-0.05, 0) is 48.0 Å². The molecule has 0 saturated heterocycles. The van der Waals surface area contributed by atoms with Crippen molar-refractivity contribution in [2.75, 3.05) is 10.6 Å². The fourth-order valence-corrected chi connectivity index (χ4v) is 2.79. The summed E-state index contributed by atoms with van der Waals surface area (Å²) in [7, 11) is 0. The lowest BCUT2D eigenvalue weighted by atomic mass is 10.1. The van der Waals surface area contributed by atoms with Crippen LogP contribution in [0.5, 0.6) is 0 Å². The molecule has 162 valence electrons. The van der Waals surface area contributed by atoms with Crippen LogP contribution in [0.3, 0.4) is 0 Å². The van der Waals surface area contributed by atoms with E-state index in [4.69, 9.17) is 0 Å². The zero-order valence-electron chi connectivity index (χ0n) is 15.7. The van der Waals surface area contributed by atoms with Gasteiger partial charge >= 0.3 is 12.4 Å². The third kappa shape index (κ3) is 5.53. The number of nitrogens with one attached hydrogen (secondary N) is 2. The van der Waals surface area contributed by atoms with E-state index >= 15 is 0 Å². The molecule has 31 heavy (non-hydrogen) atoms. The van der Waals surface area contributed by atoms with Gasteiger partial charge in [0.05, 0.1) is 22.4 Å². The number of alkyl halides is 6. The molecule has 2 N–H and O–H groups in total. The van der Waals surface area contributed by atoms with Gasteiger partial charge in [0.1, 0.15) is 0 Å². The summed E-state index contributed by atoms with van der Waals surface area (Å²) in [5.41, 5.74) is -2.55. The van der Waals surface area contributed by atoms with Crippen molar-refractivity contribution in [2.45, 2.75) is 18.9 Å². The number of pyridine rings is 1. The number of rotatable bonds is 5. The third-order valence-electron chi connectivity index (χ3n) is 4.30. The number of halogens is 6. The summed E-state index contributed by atoms with van der Waals surface area (Å²) in [6.45, 7) is 0.296. The highest BCUT2D eigenvalue weighted by atomic mass is 19.4. The molecule has 0 bridgehead atoms. The van der Waals surface area contributed by atoms with Crippen molar-refractivity contribution < 1.29 is 31.1 Å². The normalized spacial score (nSPS) is 11.8. The van der Waals surface area contributed by atoms with Gasteiger partial charge in [0.15, 0.2) is 0 Å². The summed E-state index contributed by atoms with van der Waals surface area (Å²) in [4.78, 5) is 16.6. The fourth-order valence-electron chi connectivity index (χ4n) is 2.79. The molecule has 0 unspecified atom stereocenters. The molecule has 10 heteroatoms. The Hall–Kier alpha value is -3.56. The molecule has 0 spiro atoms. The summed E-state index contributed by atoms with van der Waals surface area (Å²) in [6, 6.07) is 10.3. The second-order valence-corrected chi connectivity index (χ2v) is 6.46. The van der Waals surface area contributed by atoms with Crippen LogP contribution >= 0.6 is 0 Å². The van der Waals surface area contributed by atoms with Gasteiger partial charge in [0, 0.05) is 24.6 Å². The predicted molar refractivity (Wildman–Crippen MR) is 102 cm³/mol. The molecule has 0 fully saturated rings. The number of carbonyl (C=O) groups is 1. The standard InChI is InChI=1S/C21H15F6N3O/c22-20(23,24)14-5-6-16(21(25,26)27)18(11-14)30-19(31)15-3-1-2-4-17(15)29-12-13-7-9-28-10-8-13/h1-11,29H,12H2,(H,30,31). The smallest absolute Gasteiger partial charge is 0.380 e. The number of benzene rings is 2. The lowest BCUT2D eigenvalue weighted by Gasteiger charge is -2.17. The van der Waals surface area contributed by atoms with Crippen molar-refractivity contribution >= 4 is 17.3 Å². The van der Waals surface area contributed by atoms with Gasteiger partial charge in [-0.15, -0.1) is 0 Å². The molecular formula is C21H15F6N3O. The minimum absolute atomic E-state index is 0.0258. The number of nitrogens with zero attached hydrogens (tertiary/aromatic N) is 1. The van der Waals surface area contributed by atoms with E-state index in [1.807, 2.05) is 5.32 Å². The van der Waals surface area contributed by atoms with Gasteiger partial charge in [-0.1, -0.05) is 12.1 Å². The van der Waals surface area contributed by atoms with Gasteiger partial charge in [-0.2, -0.15) is 26.3 Å². The van der Waals surface area contributed by atoms with Crippen molar-refractivity contribution in [1.82, 2.24) is 4.98 Å². The van der Waals surface area contributed by atoms with Crippen LogP contribution in [-0.4, -0.2) is 10.9 Å². The fraction of sp³-hybridized carbons (Fsp3) is 0.143. The average Bonchev–Trinajstić information content (AvgIpc) is 2.71. The summed E-state index contributed by atoms with van der Waals surface area (Å²) >= 11 is 0. The molecule has 3 rings (SSSR count). The number of hydrogen-bond acceptors (Lipinski definition) is 3. The second-order valence-electron chi connectivity index (χ2n) is 6.46. The minimum atomic E-state index is -4.95. The molecule has 2 aromatic carbocycles. The van der Waals surface area contributed by atoms with Crippen LogP contribution in [0.1, 0.15) is 27.0 Å². The summed E-state index contributed by atoms with van der Waals surface area (Å²) in [6.07, 6.45) is -6.68. The summed E-state index contributed by atoms with van der Waals surface area (Å²) < 4.78 is 78.7. The van der Waals surface area contributed by atoms with Gasteiger partial charge in [0.25, 0.3) is 5.91 Å². The number of anilines is 2. The quantitative estimate of drug-likeness (QED) is 0.481. The first-order valence-corrected chi connectivity index (χ1v) is 8.87. The van der Waals surface area contributed by atoms with E-state index in [-0.39, 0.29) is 11.6 Å². The number of carbonyl (C=O) groups excluding carboxylic acids is 1. The largest absolute Gasteiger partial charge is 0.418 e. The number of aromatic nitrogens is 1. The Morgan fingerprint density at radius 1 is 0.839 bits per heavy atom. The molecule has 0 saturated carbocycles. The van der Waals surface area contributed by atoms with Gasteiger partial charge in [0.2, 0.25) is 0 Å². The molecular weight excluding hydrogens is 424 g/mol. The van der Waals surface area contributed by atoms with Crippen LogP contribution in [0.15, 0.2) is 67.0 Å². The molecule has 0 aliphatic rings. The maximum Gasteiger partial charge on any atom is 0.418 e. The van der Waals surface area contributed by atoms with Crippen molar-refractivity contribution in [3.05, 3.63) is 89.2 Å². The average molecular weight is 439 g/mol. The van der Waals surface area contributed by atoms with Gasteiger partial charge < -0.3 is 10.6 Å². The Morgan fingerprint density at radius 3 is 2.16 bits per heavy atom. The van der Waals surface area contributed by atoms with Crippen molar-refractivity contribution in [2.24, 2.45) is 0 Å². The Labute approximate surface area is 172 Å². The predicted octanol–water partition coefficient (Wildman–Crippen LogP) is 5.98. The van der Waals surface area contributed by atoms with Crippen LogP contribution in [0.4, 0.5) is 37.7 Å². The van der Waals surface area contributed by atoms with E-state index in [0.29, 0.717) is 24.4 Å². The first-order valence-electron chi connectivity index (χ1n) is 8.87. The molecule has 1 heterocycles. The highest BCUT2D eigenvalue weighted by Gasteiger charge is 2.37. The van der Waals surface area contributed by atoms with Crippen molar-refractivity contribution in [3.8, 4) is 0 Å². The Morgan fingerprint density at radius 2 is 1.52 bits per heavy atom. The van der Waals surface area contributed by atoms with E-state index in [0.717, 1.165) is 5.56 Å². The lowest BCUT2D eigenvalue weighted by Crippen LogP contribution is -2.19. The van der Waals surface area contributed by atoms with E-state index in [9.17, 15) is 31.1 Å². The zero-order valence-corrected chi connectivity index (χ0v) is 15.7. The maximum atomic E-state index is 13.3. The molecule has 3 aromatic rings. The van der Waals surface area contributed by atoms with E-state index < -0.39 is 35.1 Å². The Bertz CT molecular complexity index is 1060. The monoisotopic (exact) mass is 439 g/mol. The van der Waals surface area contributed by atoms with E-state index in [2.05, 4.69) is 10.3 Å². The third-order valence-corrected chi connectivity index (χ3v) is 4.30. The van der Waals surface area contributed by atoms with Crippen molar-refractivity contribution in [3.63, 3.8) is 0 Å². The molecule has 0 aliphatic heterocycles. The van der Waals surface area contributed by atoms with Crippen LogP contribution in [0, 0.1) is 0 Å². The van der Waals surface area contributed by atoms with Crippen LogP contribution in [0.25, 0.3) is 0 Å². The number of amides is 1. The minimum Gasteiger partial charge on any atom is -0.380 e. The Balaban J connectivity index is 1.89. The highest BCUT2D eigenvalue weighted by Crippen LogP contribution is 2.39. The SMILES string of the molecule is O=C(Nc1cc(C(F)(F)F)ccc1C(F)(F)F)c1ccccc1NCc1ccncc1. The van der Waals surface area contributed by atoms with E-state index in [1.54, 1.807) is 30.6 Å². The molecule has 4 nitrogen and oxygen atoms in total. The van der Waals surface area contributed by atoms with Crippen LogP contribution in [-0.2, 0) is 18.9 Å². The first-order chi connectivity index (χ1) is 14.6. The van der Waals surface area contributed by atoms with E-state index in [1.165, 1.54) is 18.2 Å². The molecule has 0 atom stereocenters. The number of para-hydroxylation sites is 1. The maximum absolute atomic E-state index is 13.3. The lowest BCUT2D eigenvalue weighted by molar-refractivity contribution is -0.140. The Kier molecular flexibility index (Phi) is 6.19. The molecule has 0 aliphatic carbocycles. The number of hydrogen-bond donors (Lipinski definition) is 2. The van der Waals surface area contributed by atoms with Crippen LogP contribution in [0.2, 0.25) is 0 Å².